The fourth-order valence-corrected chi connectivity index (χ4v) is 1.94. The van der Waals surface area contributed by atoms with Crippen molar-refractivity contribution in [3.05, 3.63) is 23.8 Å². The van der Waals surface area contributed by atoms with E-state index in [0.29, 0.717) is 5.69 Å². The molecule has 1 heterocycles. The third kappa shape index (κ3) is 1.19. The molecular formula is C10H12N2O2. The van der Waals surface area contributed by atoms with Gasteiger partial charge in [0.05, 0.1) is 5.69 Å². The minimum Gasteiger partial charge on any atom is -0.465 e. The van der Waals surface area contributed by atoms with Gasteiger partial charge in [0.2, 0.25) is 0 Å². The van der Waals surface area contributed by atoms with Crippen LogP contribution in [0.2, 0.25) is 0 Å². The van der Waals surface area contributed by atoms with Crippen molar-refractivity contribution in [2.24, 2.45) is 0 Å². The van der Waals surface area contributed by atoms with Gasteiger partial charge in [0.1, 0.15) is 0 Å². The van der Waals surface area contributed by atoms with Crippen molar-refractivity contribution in [2.45, 2.75) is 19.4 Å². The minimum atomic E-state index is -0.902. The zero-order valence-electron chi connectivity index (χ0n) is 7.90. The fourth-order valence-electron chi connectivity index (χ4n) is 1.94. The summed E-state index contributed by atoms with van der Waals surface area (Å²) in [5.41, 5.74) is 8.09. The number of nitrogen functional groups attached to an aromatic ring is 1. The Morgan fingerprint density at radius 1 is 1.64 bits per heavy atom. The summed E-state index contributed by atoms with van der Waals surface area (Å²) in [4.78, 5) is 12.3. The van der Waals surface area contributed by atoms with Crippen molar-refractivity contribution >= 4 is 17.5 Å². The van der Waals surface area contributed by atoms with Gasteiger partial charge in [0, 0.05) is 11.7 Å². The van der Waals surface area contributed by atoms with Crippen molar-refractivity contribution < 1.29 is 9.90 Å². The molecule has 1 aromatic carbocycles. The van der Waals surface area contributed by atoms with Crippen molar-refractivity contribution in [3.63, 3.8) is 0 Å². The van der Waals surface area contributed by atoms with E-state index in [-0.39, 0.29) is 6.04 Å². The molecule has 14 heavy (non-hydrogen) atoms. The van der Waals surface area contributed by atoms with Crippen LogP contribution in [0.3, 0.4) is 0 Å². The second kappa shape index (κ2) is 2.90. The molecule has 1 aromatic rings. The molecule has 2 rings (SSSR count). The maximum Gasteiger partial charge on any atom is 0.412 e. The SMILES string of the molecule is CC1Cc2cc(N)ccc2N1C(=O)O. The van der Waals surface area contributed by atoms with Crippen LogP contribution in [0.4, 0.5) is 16.2 Å². The molecule has 0 radical (unpaired) electrons. The monoisotopic (exact) mass is 192 g/mol. The Hall–Kier alpha value is -1.71. The molecule has 4 nitrogen and oxygen atoms in total. The summed E-state index contributed by atoms with van der Waals surface area (Å²) in [5.74, 6) is 0. The Morgan fingerprint density at radius 3 is 3.00 bits per heavy atom. The van der Waals surface area contributed by atoms with Gasteiger partial charge in [0.15, 0.2) is 0 Å². The largest absolute Gasteiger partial charge is 0.465 e. The Bertz CT molecular complexity index is 390. The van der Waals surface area contributed by atoms with E-state index in [9.17, 15) is 4.79 Å². The molecular weight excluding hydrogens is 180 g/mol. The molecule has 0 aliphatic carbocycles. The summed E-state index contributed by atoms with van der Waals surface area (Å²) in [6.07, 6.45) is -0.159. The third-order valence-electron chi connectivity index (χ3n) is 2.53. The number of carbonyl (C=O) groups is 1. The summed E-state index contributed by atoms with van der Waals surface area (Å²) in [6, 6.07) is 5.34. The lowest BCUT2D eigenvalue weighted by molar-refractivity contribution is 0.200. The van der Waals surface area contributed by atoms with Crippen molar-refractivity contribution in [2.75, 3.05) is 10.6 Å². The molecule has 74 valence electrons. The molecule has 0 aromatic heterocycles. The molecule has 1 aliphatic rings. The number of nitrogens with two attached hydrogens (primary N) is 1. The van der Waals surface area contributed by atoms with Crippen molar-refractivity contribution in [3.8, 4) is 0 Å². The number of fused-ring (bicyclic) bond motifs is 1. The van der Waals surface area contributed by atoms with E-state index in [2.05, 4.69) is 0 Å². The van der Waals surface area contributed by atoms with Gasteiger partial charge >= 0.3 is 6.09 Å². The molecule has 0 spiro atoms. The van der Waals surface area contributed by atoms with Gasteiger partial charge in [-0.15, -0.1) is 0 Å². The molecule has 3 N–H and O–H groups in total. The highest BCUT2D eigenvalue weighted by atomic mass is 16.4. The van der Waals surface area contributed by atoms with Gasteiger partial charge in [0.25, 0.3) is 0 Å². The maximum atomic E-state index is 11.0. The summed E-state index contributed by atoms with van der Waals surface area (Å²) in [5, 5.41) is 8.99. The zero-order chi connectivity index (χ0) is 10.3. The number of carboxylic acid groups (broad SMARTS) is 1. The van der Waals surface area contributed by atoms with Crippen LogP contribution in [-0.4, -0.2) is 17.2 Å². The molecule has 1 unspecified atom stereocenters. The van der Waals surface area contributed by atoms with E-state index < -0.39 is 6.09 Å². The number of hydrogen-bond acceptors (Lipinski definition) is 2. The highest BCUT2D eigenvalue weighted by molar-refractivity contribution is 5.90. The highest BCUT2D eigenvalue weighted by Crippen LogP contribution is 2.33. The van der Waals surface area contributed by atoms with Gasteiger partial charge in [-0.05, 0) is 37.1 Å². The minimum absolute atomic E-state index is 0.00398. The number of nitrogens with zero attached hydrogens (tertiary/aromatic N) is 1. The lowest BCUT2D eigenvalue weighted by Crippen LogP contribution is -2.34. The molecule has 0 saturated heterocycles. The predicted molar refractivity (Wildman–Crippen MR) is 54.5 cm³/mol. The second-order valence-corrected chi connectivity index (χ2v) is 3.59. The van der Waals surface area contributed by atoms with Crippen LogP contribution < -0.4 is 10.6 Å². The molecule has 0 saturated carbocycles. The molecule has 1 amide bonds. The van der Waals surface area contributed by atoms with E-state index >= 15 is 0 Å². The van der Waals surface area contributed by atoms with Crippen LogP contribution in [0.1, 0.15) is 12.5 Å². The van der Waals surface area contributed by atoms with Crippen LogP contribution in [0, 0.1) is 0 Å². The maximum absolute atomic E-state index is 11.0. The normalized spacial score (nSPS) is 19.5. The molecule has 0 bridgehead atoms. The quantitative estimate of drug-likeness (QED) is 0.615. The van der Waals surface area contributed by atoms with E-state index in [1.165, 1.54) is 4.90 Å². The molecule has 4 heteroatoms. The van der Waals surface area contributed by atoms with E-state index in [0.717, 1.165) is 17.7 Å². The number of hydrogen-bond donors (Lipinski definition) is 2. The first-order chi connectivity index (χ1) is 6.59. The first-order valence-electron chi connectivity index (χ1n) is 4.50. The van der Waals surface area contributed by atoms with Crippen LogP contribution in [-0.2, 0) is 6.42 Å². The van der Waals surface area contributed by atoms with Gasteiger partial charge < -0.3 is 10.8 Å². The first kappa shape index (κ1) is 8.87. The summed E-state index contributed by atoms with van der Waals surface area (Å²) < 4.78 is 0. The third-order valence-corrected chi connectivity index (χ3v) is 2.53. The zero-order valence-corrected chi connectivity index (χ0v) is 7.90. The van der Waals surface area contributed by atoms with Crippen LogP contribution in [0.5, 0.6) is 0 Å². The average Bonchev–Trinajstić information content (AvgIpc) is 2.39. The average molecular weight is 192 g/mol. The Morgan fingerprint density at radius 2 is 2.36 bits per heavy atom. The lowest BCUT2D eigenvalue weighted by Gasteiger charge is -2.18. The molecule has 0 fully saturated rings. The second-order valence-electron chi connectivity index (χ2n) is 3.59. The van der Waals surface area contributed by atoms with Gasteiger partial charge in [-0.25, -0.2) is 4.79 Å². The summed E-state index contributed by atoms with van der Waals surface area (Å²) in [7, 11) is 0. The summed E-state index contributed by atoms with van der Waals surface area (Å²) in [6.45, 7) is 1.89. The fraction of sp³-hybridized carbons (Fsp3) is 0.300. The topological polar surface area (TPSA) is 66.6 Å². The Balaban J connectivity index is 2.48. The smallest absolute Gasteiger partial charge is 0.412 e. The highest BCUT2D eigenvalue weighted by Gasteiger charge is 2.30. The summed E-state index contributed by atoms with van der Waals surface area (Å²) >= 11 is 0. The number of anilines is 2. The van der Waals surface area contributed by atoms with Crippen LogP contribution >= 0.6 is 0 Å². The lowest BCUT2D eigenvalue weighted by atomic mass is 10.1. The van der Waals surface area contributed by atoms with Gasteiger partial charge in [-0.3, -0.25) is 4.90 Å². The van der Waals surface area contributed by atoms with E-state index in [1.54, 1.807) is 12.1 Å². The number of rotatable bonds is 0. The van der Waals surface area contributed by atoms with Crippen molar-refractivity contribution in [1.29, 1.82) is 0 Å². The Kier molecular flexibility index (Phi) is 1.84. The van der Waals surface area contributed by atoms with E-state index in [4.69, 9.17) is 10.8 Å². The van der Waals surface area contributed by atoms with Crippen LogP contribution in [0.25, 0.3) is 0 Å². The van der Waals surface area contributed by atoms with E-state index in [1.807, 2.05) is 13.0 Å². The molecule has 1 aliphatic heterocycles. The van der Waals surface area contributed by atoms with Crippen molar-refractivity contribution in [1.82, 2.24) is 0 Å². The first-order valence-corrected chi connectivity index (χ1v) is 4.50. The van der Waals surface area contributed by atoms with Gasteiger partial charge in [-0.1, -0.05) is 0 Å². The van der Waals surface area contributed by atoms with Gasteiger partial charge in [-0.2, -0.15) is 0 Å². The predicted octanol–water partition coefficient (Wildman–Crippen LogP) is 1.70. The number of amides is 1. The standard InChI is InChI=1S/C10H12N2O2/c1-6-4-7-5-8(11)2-3-9(7)12(6)10(13)14/h2-3,5-6H,4,11H2,1H3,(H,13,14). The number of benzene rings is 1. The molecule has 1 atom stereocenters. The Labute approximate surface area is 81.9 Å². The van der Waals surface area contributed by atoms with Crippen LogP contribution in [0.15, 0.2) is 18.2 Å².